The van der Waals surface area contributed by atoms with Crippen molar-refractivity contribution in [2.75, 3.05) is 65.4 Å². The Morgan fingerprint density at radius 2 is 1.47 bits per heavy atom. The molecule has 4 aromatic carbocycles. The second kappa shape index (κ2) is 20.2. The van der Waals surface area contributed by atoms with E-state index in [2.05, 4.69) is 59.0 Å². The molecule has 298 valence electrons. The Morgan fingerprint density at radius 1 is 0.891 bits per heavy atom. The highest BCUT2D eigenvalue weighted by Gasteiger charge is 2.22. The minimum atomic E-state index is -3.67. The molecule has 2 aliphatic heterocycles. The standard InChI is InChI=1S/C28H33NO4.C13H18FN3O.CHF3/c1-19-12-14-29(15-13-19)18-20-16-25(32-2)28(26(17-20)33-3)24-9-5-7-22-21(10-11-27(30)31)6-4-8-23(22)24;1-9-7-10(8-11(14)12(9)13(15)18)17-5-3-16(2)4-6-17;2-1(3)4/h4-9,16-17,19H,10-15,18H2,1-3H3,(H,30,31);7-8H,3-6H2,1-2H3,(H2,15,18);1H. The van der Waals surface area contributed by atoms with E-state index in [0.29, 0.717) is 12.0 Å². The van der Waals surface area contributed by atoms with E-state index in [0.717, 1.165) is 96.4 Å². The number of carboxylic acid groups (broad SMARTS) is 1. The summed E-state index contributed by atoms with van der Waals surface area (Å²) in [5.74, 6) is 0.354. The molecule has 2 aliphatic rings. The Morgan fingerprint density at radius 3 is 2.02 bits per heavy atom. The summed E-state index contributed by atoms with van der Waals surface area (Å²) in [6.07, 6.45) is 3.09. The first-order valence-electron chi connectivity index (χ1n) is 18.4. The number of nitrogens with two attached hydrogens (primary N) is 1. The predicted octanol–water partition coefficient (Wildman–Crippen LogP) is 7.94. The average molecular weight is 769 g/mol. The summed E-state index contributed by atoms with van der Waals surface area (Å²) >= 11 is 0. The minimum absolute atomic E-state index is 0.00659. The molecule has 3 N–H and O–H groups in total. The topological polar surface area (TPSA) is 109 Å². The van der Waals surface area contributed by atoms with Gasteiger partial charge in [0.1, 0.15) is 17.3 Å². The molecule has 2 heterocycles. The van der Waals surface area contributed by atoms with E-state index in [1.165, 1.54) is 24.5 Å². The summed E-state index contributed by atoms with van der Waals surface area (Å²) in [4.78, 5) is 29.1. The van der Waals surface area contributed by atoms with Gasteiger partial charge in [0.15, 0.2) is 0 Å². The number of hydrogen-bond donors (Lipinski definition) is 2. The van der Waals surface area contributed by atoms with Crippen LogP contribution < -0.4 is 20.1 Å². The normalized spacial score (nSPS) is 15.2. The van der Waals surface area contributed by atoms with Gasteiger partial charge in [0.2, 0.25) is 0 Å². The number of piperidine rings is 1. The largest absolute Gasteiger partial charge is 0.496 e. The number of carboxylic acids is 1. The number of benzene rings is 4. The van der Waals surface area contributed by atoms with Crippen molar-refractivity contribution in [3.63, 3.8) is 0 Å². The number of halogens is 4. The van der Waals surface area contributed by atoms with E-state index in [1.807, 2.05) is 24.3 Å². The molecular formula is C42H52F4N4O5. The number of anilines is 1. The quantitative estimate of drug-likeness (QED) is 0.157. The molecule has 0 atom stereocenters. The zero-order valence-electron chi connectivity index (χ0n) is 32.2. The molecule has 0 aliphatic carbocycles. The van der Waals surface area contributed by atoms with Gasteiger partial charge in [-0.25, -0.2) is 4.39 Å². The fraction of sp³-hybridized carbons (Fsp3) is 0.429. The highest BCUT2D eigenvalue weighted by molar-refractivity contribution is 6.01. The van der Waals surface area contributed by atoms with Crippen LogP contribution in [0.5, 0.6) is 11.5 Å². The van der Waals surface area contributed by atoms with Gasteiger partial charge in [-0.2, -0.15) is 13.2 Å². The number of methoxy groups -OCH3 is 2. The molecular weight excluding hydrogens is 716 g/mol. The molecule has 13 heteroatoms. The number of amides is 1. The number of rotatable bonds is 10. The first-order chi connectivity index (χ1) is 26.2. The molecule has 2 fully saturated rings. The average Bonchev–Trinajstić information content (AvgIpc) is 3.14. The lowest BCUT2D eigenvalue weighted by Crippen LogP contribution is -2.44. The number of nitrogens with zero attached hydrogens (tertiary/aromatic N) is 3. The van der Waals surface area contributed by atoms with Gasteiger partial charge >= 0.3 is 12.6 Å². The molecule has 0 unspecified atom stereocenters. The number of likely N-dealkylation sites (N-methyl/N-ethyl adjacent to an activating group) is 1. The zero-order valence-corrected chi connectivity index (χ0v) is 32.2. The van der Waals surface area contributed by atoms with Gasteiger partial charge in [-0.1, -0.05) is 43.3 Å². The molecule has 0 saturated carbocycles. The third kappa shape index (κ3) is 11.8. The maximum Gasteiger partial charge on any atom is 0.379 e. The van der Waals surface area contributed by atoms with Crippen LogP contribution in [0.3, 0.4) is 0 Å². The zero-order chi connectivity index (χ0) is 40.2. The smallest absolute Gasteiger partial charge is 0.379 e. The van der Waals surface area contributed by atoms with Crippen LogP contribution in [0.15, 0.2) is 60.7 Å². The lowest BCUT2D eigenvalue weighted by molar-refractivity contribution is -0.136. The van der Waals surface area contributed by atoms with Gasteiger partial charge < -0.3 is 30.1 Å². The Balaban J connectivity index is 0.000000256. The van der Waals surface area contributed by atoms with Crippen LogP contribution in [0.2, 0.25) is 0 Å². The van der Waals surface area contributed by atoms with Crippen molar-refractivity contribution in [1.82, 2.24) is 9.80 Å². The van der Waals surface area contributed by atoms with Crippen molar-refractivity contribution >= 4 is 28.3 Å². The molecule has 0 aromatic heterocycles. The molecule has 0 bridgehead atoms. The minimum Gasteiger partial charge on any atom is -0.496 e. The number of carbonyl (C=O) groups is 2. The summed E-state index contributed by atoms with van der Waals surface area (Å²) in [6.45, 7) is 7.14. The Bertz CT molecular complexity index is 1860. The Labute approximate surface area is 320 Å². The first kappa shape index (κ1) is 42.9. The highest BCUT2D eigenvalue weighted by Crippen LogP contribution is 2.43. The van der Waals surface area contributed by atoms with Crippen LogP contribution in [0.25, 0.3) is 21.9 Å². The Kier molecular flexibility index (Phi) is 15.7. The number of hydrogen-bond acceptors (Lipinski definition) is 7. The van der Waals surface area contributed by atoms with E-state index in [-0.39, 0.29) is 12.0 Å². The van der Waals surface area contributed by atoms with Gasteiger partial charge in [0.25, 0.3) is 5.91 Å². The number of alkyl halides is 3. The third-order valence-corrected chi connectivity index (χ3v) is 10.1. The number of ether oxygens (including phenoxy) is 2. The molecule has 4 aromatic rings. The van der Waals surface area contributed by atoms with E-state index < -0.39 is 24.4 Å². The monoisotopic (exact) mass is 768 g/mol. The van der Waals surface area contributed by atoms with E-state index in [4.69, 9.17) is 20.3 Å². The van der Waals surface area contributed by atoms with Crippen molar-refractivity contribution < 1.29 is 41.7 Å². The van der Waals surface area contributed by atoms with Crippen molar-refractivity contribution in [3.8, 4) is 22.6 Å². The summed E-state index contributed by atoms with van der Waals surface area (Å²) in [5.41, 5.74) is 10.7. The summed E-state index contributed by atoms with van der Waals surface area (Å²) < 4.78 is 54.6. The maximum atomic E-state index is 13.9. The second-order valence-corrected chi connectivity index (χ2v) is 14.1. The van der Waals surface area contributed by atoms with Crippen LogP contribution in [0.4, 0.5) is 23.2 Å². The van der Waals surface area contributed by atoms with E-state index in [1.54, 1.807) is 21.1 Å². The van der Waals surface area contributed by atoms with Crippen LogP contribution in [-0.2, 0) is 17.8 Å². The molecule has 0 spiro atoms. The number of primary amides is 1. The van der Waals surface area contributed by atoms with Crippen molar-refractivity contribution in [1.29, 1.82) is 0 Å². The fourth-order valence-electron chi connectivity index (χ4n) is 7.14. The van der Waals surface area contributed by atoms with Crippen molar-refractivity contribution in [2.45, 2.75) is 52.8 Å². The van der Waals surface area contributed by atoms with E-state index >= 15 is 0 Å². The number of likely N-dealkylation sites (tertiary alicyclic amines) is 1. The number of aryl methyl sites for hydroxylation is 2. The maximum absolute atomic E-state index is 13.9. The number of carbonyl (C=O) groups excluding carboxylic acids is 1. The Hall–Kier alpha value is -4.88. The van der Waals surface area contributed by atoms with Gasteiger partial charge in [-0.05, 0) is 110 Å². The van der Waals surface area contributed by atoms with E-state index in [9.17, 15) is 27.2 Å². The molecule has 55 heavy (non-hydrogen) atoms. The van der Waals surface area contributed by atoms with Crippen LogP contribution in [-0.4, -0.2) is 94.0 Å². The van der Waals surface area contributed by atoms with Crippen molar-refractivity contribution in [2.24, 2.45) is 11.7 Å². The van der Waals surface area contributed by atoms with Gasteiger partial charge in [-0.15, -0.1) is 0 Å². The number of fused-ring (bicyclic) bond motifs is 1. The van der Waals surface area contributed by atoms with Gasteiger partial charge in [0, 0.05) is 44.8 Å². The first-order valence-corrected chi connectivity index (χ1v) is 18.4. The van der Waals surface area contributed by atoms with Crippen molar-refractivity contribution in [3.05, 3.63) is 88.7 Å². The van der Waals surface area contributed by atoms with Crippen LogP contribution in [0, 0.1) is 18.7 Å². The summed E-state index contributed by atoms with van der Waals surface area (Å²) in [7, 11) is 5.47. The second-order valence-electron chi connectivity index (χ2n) is 14.1. The third-order valence-electron chi connectivity index (χ3n) is 10.1. The predicted molar refractivity (Wildman–Crippen MR) is 209 cm³/mol. The van der Waals surface area contributed by atoms with Crippen LogP contribution >= 0.6 is 0 Å². The molecule has 0 radical (unpaired) electrons. The lowest BCUT2D eigenvalue weighted by atomic mass is 9.92. The number of piperazine rings is 1. The highest BCUT2D eigenvalue weighted by atomic mass is 19.4. The summed E-state index contributed by atoms with van der Waals surface area (Å²) in [5, 5.41) is 11.3. The van der Waals surface area contributed by atoms with Gasteiger partial charge in [-0.3, -0.25) is 14.5 Å². The molecule has 2 saturated heterocycles. The number of aliphatic carboxylic acids is 1. The molecule has 1 amide bonds. The van der Waals surface area contributed by atoms with Crippen LogP contribution in [0.1, 0.15) is 53.2 Å². The lowest BCUT2D eigenvalue weighted by Gasteiger charge is -2.34. The molecule has 9 nitrogen and oxygen atoms in total. The van der Waals surface area contributed by atoms with Gasteiger partial charge in [0.05, 0.1) is 25.3 Å². The SMILES string of the molecule is COc1cc(CN2CCC(C)CC2)cc(OC)c1-c1cccc2c(CCC(=O)O)cccc12.Cc1cc(N2CCN(C)CC2)cc(F)c1C(N)=O.FC(F)F. The fourth-order valence-corrected chi connectivity index (χ4v) is 7.14. The summed E-state index contributed by atoms with van der Waals surface area (Å²) in [6, 6.07) is 19.7. The molecule has 6 rings (SSSR count).